The third-order valence-electron chi connectivity index (χ3n) is 4.60. The summed E-state index contributed by atoms with van der Waals surface area (Å²) in [6, 6.07) is 13.5. The van der Waals surface area contributed by atoms with Crippen LogP contribution in [-0.4, -0.2) is 26.4 Å². The van der Waals surface area contributed by atoms with Gasteiger partial charge in [0, 0.05) is 12.9 Å². The fourth-order valence-electron chi connectivity index (χ4n) is 3.36. The topological polar surface area (TPSA) is 54.4 Å². The SMILES string of the molecule is CCCC1=Cc2cc(S(C)(=O)=O)ccc2C1=Cc1cccc(CCO)c1. The molecule has 0 spiro atoms. The van der Waals surface area contributed by atoms with E-state index >= 15 is 0 Å². The van der Waals surface area contributed by atoms with Crippen molar-refractivity contribution in [2.45, 2.75) is 31.1 Å². The van der Waals surface area contributed by atoms with Gasteiger partial charge < -0.3 is 5.11 Å². The van der Waals surface area contributed by atoms with Gasteiger partial charge in [-0.15, -0.1) is 0 Å². The van der Waals surface area contributed by atoms with E-state index in [4.69, 9.17) is 5.11 Å². The van der Waals surface area contributed by atoms with Crippen LogP contribution >= 0.6 is 0 Å². The van der Waals surface area contributed by atoms with Crippen molar-refractivity contribution in [3.05, 3.63) is 70.3 Å². The molecule has 0 heterocycles. The van der Waals surface area contributed by atoms with E-state index in [-0.39, 0.29) is 6.61 Å². The Morgan fingerprint density at radius 2 is 1.88 bits per heavy atom. The van der Waals surface area contributed by atoms with Crippen molar-refractivity contribution in [1.29, 1.82) is 0 Å². The van der Waals surface area contributed by atoms with Crippen molar-refractivity contribution in [2.75, 3.05) is 12.9 Å². The smallest absolute Gasteiger partial charge is 0.175 e. The molecule has 0 aromatic heterocycles. The number of rotatable bonds is 6. The molecule has 2 aromatic rings. The summed E-state index contributed by atoms with van der Waals surface area (Å²) in [5, 5.41) is 9.16. The minimum absolute atomic E-state index is 0.137. The lowest BCUT2D eigenvalue weighted by Gasteiger charge is -2.09. The number of allylic oxidation sites excluding steroid dienone is 2. The normalized spacial score (nSPS) is 15.2. The average molecular weight is 368 g/mol. The molecule has 0 radical (unpaired) electrons. The summed E-state index contributed by atoms with van der Waals surface area (Å²) >= 11 is 0. The summed E-state index contributed by atoms with van der Waals surface area (Å²) in [6.07, 6.45) is 8.13. The van der Waals surface area contributed by atoms with Crippen molar-refractivity contribution in [2.24, 2.45) is 0 Å². The number of aliphatic hydroxyl groups excluding tert-OH is 1. The molecule has 1 aliphatic carbocycles. The zero-order chi connectivity index (χ0) is 18.7. The van der Waals surface area contributed by atoms with Crippen LogP contribution in [0.25, 0.3) is 17.7 Å². The first-order valence-corrected chi connectivity index (χ1v) is 10.8. The van der Waals surface area contributed by atoms with Crippen molar-refractivity contribution < 1.29 is 13.5 Å². The molecule has 26 heavy (non-hydrogen) atoms. The van der Waals surface area contributed by atoms with Gasteiger partial charge in [0.1, 0.15) is 0 Å². The number of benzene rings is 2. The molecule has 1 aliphatic rings. The van der Waals surface area contributed by atoms with E-state index in [0.717, 1.165) is 40.7 Å². The molecule has 2 aromatic carbocycles. The Bertz CT molecular complexity index is 982. The molecule has 0 fully saturated rings. The summed E-state index contributed by atoms with van der Waals surface area (Å²) in [5.74, 6) is 0. The van der Waals surface area contributed by atoms with E-state index in [2.05, 4.69) is 31.2 Å². The lowest BCUT2D eigenvalue weighted by atomic mass is 9.97. The second-order valence-corrected chi connectivity index (χ2v) is 8.73. The van der Waals surface area contributed by atoms with Gasteiger partial charge in [-0.2, -0.15) is 0 Å². The van der Waals surface area contributed by atoms with Crippen molar-refractivity contribution in [3.8, 4) is 0 Å². The van der Waals surface area contributed by atoms with E-state index < -0.39 is 9.84 Å². The number of fused-ring (bicyclic) bond motifs is 1. The monoisotopic (exact) mass is 368 g/mol. The van der Waals surface area contributed by atoms with Crippen LogP contribution < -0.4 is 0 Å². The van der Waals surface area contributed by atoms with Crippen LogP contribution in [0.3, 0.4) is 0 Å². The maximum atomic E-state index is 11.9. The fourth-order valence-corrected chi connectivity index (χ4v) is 4.01. The van der Waals surface area contributed by atoms with Crippen molar-refractivity contribution in [3.63, 3.8) is 0 Å². The number of hydrogen-bond acceptors (Lipinski definition) is 3. The second-order valence-electron chi connectivity index (χ2n) is 6.72. The van der Waals surface area contributed by atoms with Gasteiger partial charge in [0.25, 0.3) is 0 Å². The minimum Gasteiger partial charge on any atom is -0.396 e. The third kappa shape index (κ3) is 3.97. The highest BCUT2D eigenvalue weighted by Gasteiger charge is 2.20. The lowest BCUT2D eigenvalue weighted by molar-refractivity contribution is 0.299. The van der Waals surface area contributed by atoms with E-state index in [1.54, 1.807) is 12.1 Å². The molecule has 0 aliphatic heterocycles. The average Bonchev–Trinajstić information content (AvgIpc) is 2.92. The van der Waals surface area contributed by atoms with Crippen LogP contribution in [0.2, 0.25) is 0 Å². The molecule has 3 nitrogen and oxygen atoms in total. The Morgan fingerprint density at radius 1 is 1.08 bits per heavy atom. The van der Waals surface area contributed by atoms with Gasteiger partial charge in [-0.05, 0) is 64.5 Å². The molecule has 0 unspecified atom stereocenters. The van der Waals surface area contributed by atoms with E-state index in [1.165, 1.54) is 11.8 Å². The van der Waals surface area contributed by atoms with E-state index in [1.807, 2.05) is 18.2 Å². The van der Waals surface area contributed by atoms with Crippen LogP contribution in [0, 0.1) is 0 Å². The zero-order valence-electron chi connectivity index (χ0n) is 15.2. The molecule has 0 atom stereocenters. The Morgan fingerprint density at radius 3 is 2.58 bits per heavy atom. The number of hydrogen-bond donors (Lipinski definition) is 1. The summed E-state index contributed by atoms with van der Waals surface area (Å²) in [4.78, 5) is 0.356. The van der Waals surface area contributed by atoms with Crippen molar-refractivity contribution in [1.82, 2.24) is 0 Å². The number of aliphatic hydroxyl groups is 1. The Balaban J connectivity index is 2.07. The first-order chi connectivity index (χ1) is 12.4. The summed E-state index contributed by atoms with van der Waals surface area (Å²) < 4.78 is 23.7. The zero-order valence-corrected chi connectivity index (χ0v) is 16.0. The van der Waals surface area contributed by atoms with Gasteiger partial charge in [-0.1, -0.05) is 49.8 Å². The molecule has 0 amide bonds. The molecule has 0 saturated carbocycles. The first-order valence-electron chi connectivity index (χ1n) is 8.89. The van der Waals surface area contributed by atoms with Crippen molar-refractivity contribution >= 4 is 27.6 Å². The van der Waals surface area contributed by atoms with Crippen LogP contribution in [0.1, 0.15) is 42.0 Å². The maximum absolute atomic E-state index is 11.9. The van der Waals surface area contributed by atoms with E-state index in [0.29, 0.717) is 11.3 Å². The Labute approximate surface area is 155 Å². The summed E-state index contributed by atoms with van der Waals surface area (Å²) in [6.45, 7) is 2.28. The van der Waals surface area contributed by atoms with Gasteiger partial charge in [-0.25, -0.2) is 8.42 Å². The molecular formula is C22H24O3S. The molecular weight excluding hydrogens is 344 g/mol. The Hall–Kier alpha value is -2.17. The molecule has 136 valence electrons. The molecule has 1 N–H and O–H groups in total. The predicted octanol–water partition coefficient (Wildman–Crippen LogP) is 4.36. The molecule has 4 heteroatoms. The fraction of sp³-hybridized carbons (Fsp3) is 0.273. The van der Waals surface area contributed by atoms with Gasteiger partial charge in [0.15, 0.2) is 9.84 Å². The highest BCUT2D eigenvalue weighted by atomic mass is 32.2. The van der Waals surface area contributed by atoms with Gasteiger partial charge in [-0.3, -0.25) is 0 Å². The minimum atomic E-state index is -3.21. The van der Waals surface area contributed by atoms with E-state index in [9.17, 15) is 8.42 Å². The molecule has 0 saturated heterocycles. The third-order valence-corrected chi connectivity index (χ3v) is 5.71. The first kappa shape index (κ1) is 18.6. The van der Waals surface area contributed by atoms with Gasteiger partial charge in [0.05, 0.1) is 4.90 Å². The lowest BCUT2D eigenvalue weighted by Crippen LogP contribution is -1.97. The van der Waals surface area contributed by atoms with Crippen LogP contribution in [-0.2, 0) is 16.3 Å². The highest BCUT2D eigenvalue weighted by Crippen LogP contribution is 2.40. The van der Waals surface area contributed by atoms with Gasteiger partial charge >= 0.3 is 0 Å². The summed E-state index contributed by atoms with van der Waals surface area (Å²) in [5.41, 5.74) is 6.63. The van der Waals surface area contributed by atoms with Crippen LogP contribution in [0.5, 0.6) is 0 Å². The molecule has 3 rings (SSSR count). The quantitative estimate of drug-likeness (QED) is 0.824. The Kier molecular flexibility index (Phi) is 5.44. The largest absolute Gasteiger partial charge is 0.396 e. The second kappa shape index (κ2) is 7.60. The van der Waals surface area contributed by atoms with Crippen LogP contribution in [0.15, 0.2) is 52.9 Å². The highest BCUT2D eigenvalue weighted by molar-refractivity contribution is 7.90. The predicted molar refractivity (Wildman–Crippen MR) is 108 cm³/mol. The maximum Gasteiger partial charge on any atom is 0.175 e. The molecule has 0 bridgehead atoms. The van der Waals surface area contributed by atoms with Crippen LogP contribution in [0.4, 0.5) is 0 Å². The van der Waals surface area contributed by atoms with Gasteiger partial charge in [0.2, 0.25) is 0 Å². The standard InChI is InChI=1S/C22H24O3S/c1-3-5-18-14-19-15-20(26(2,24)25)8-9-21(19)22(18)13-17-7-4-6-16(12-17)10-11-23/h4,6-9,12-15,23H,3,5,10-11H2,1-2H3. The number of sulfone groups is 1. The summed E-state index contributed by atoms with van der Waals surface area (Å²) in [7, 11) is -3.21.